The number of benzene rings is 2. The van der Waals surface area contributed by atoms with Crippen molar-refractivity contribution in [3.05, 3.63) is 75.0 Å². The molecule has 0 saturated heterocycles. The Bertz CT molecular complexity index is 1180. The van der Waals surface area contributed by atoms with Crippen molar-refractivity contribution in [1.82, 2.24) is 14.8 Å². The van der Waals surface area contributed by atoms with E-state index in [1.165, 1.54) is 11.8 Å². The van der Waals surface area contributed by atoms with Crippen molar-refractivity contribution in [3.63, 3.8) is 0 Å². The van der Waals surface area contributed by atoms with Crippen LogP contribution in [0.2, 0.25) is 15.1 Å². The second-order valence-corrected chi connectivity index (χ2v) is 9.23. The Morgan fingerprint density at radius 3 is 2.53 bits per heavy atom. The van der Waals surface area contributed by atoms with Crippen LogP contribution in [0.4, 0.5) is 5.69 Å². The number of hydrogen-bond acceptors (Lipinski definition) is 5. The van der Waals surface area contributed by atoms with Crippen molar-refractivity contribution in [2.75, 3.05) is 11.1 Å². The lowest BCUT2D eigenvalue weighted by molar-refractivity contribution is -0.113. The molecule has 30 heavy (non-hydrogen) atoms. The average molecular weight is 496 g/mol. The van der Waals surface area contributed by atoms with Gasteiger partial charge >= 0.3 is 0 Å². The first kappa shape index (κ1) is 21.2. The fraction of sp³-hybridized carbons (Fsp3) is 0.0500. The molecule has 10 heteroatoms. The Kier molecular flexibility index (Phi) is 6.65. The molecule has 4 aromatic rings. The molecule has 1 N–H and O–H groups in total. The van der Waals surface area contributed by atoms with E-state index >= 15 is 0 Å². The maximum atomic E-state index is 12.5. The zero-order chi connectivity index (χ0) is 21.1. The fourth-order valence-electron chi connectivity index (χ4n) is 2.66. The summed E-state index contributed by atoms with van der Waals surface area (Å²) in [5, 5.41) is 15.5. The van der Waals surface area contributed by atoms with Crippen LogP contribution in [0.5, 0.6) is 0 Å². The van der Waals surface area contributed by atoms with Gasteiger partial charge < -0.3 is 5.32 Å². The third-order valence-electron chi connectivity index (χ3n) is 3.99. The third kappa shape index (κ3) is 4.82. The third-order valence-corrected chi connectivity index (χ3v) is 6.61. The molecule has 2 aromatic carbocycles. The van der Waals surface area contributed by atoms with Crippen molar-refractivity contribution < 1.29 is 4.79 Å². The van der Waals surface area contributed by atoms with Crippen molar-refractivity contribution >= 4 is 69.5 Å². The molecule has 1 amide bonds. The Morgan fingerprint density at radius 1 is 1.03 bits per heavy atom. The number of carbonyl (C=O) groups is 1. The molecule has 0 fully saturated rings. The van der Waals surface area contributed by atoms with Crippen LogP contribution in [-0.4, -0.2) is 26.4 Å². The van der Waals surface area contributed by atoms with Crippen LogP contribution in [0.1, 0.15) is 0 Å². The predicted molar refractivity (Wildman–Crippen MR) is 125 cm³/mol. The molecule has 0 bridgehead atoms. The minimum atomic E-state index is -0.229. The quantitative estimate of drug-likeness (QED) is 0.303. The molecule has 2 aromatic heterocycles. The minimum absolute atomic E-state index is 0.124. The van der Waals surface area contributed by atoms with E-state index in [2.05, 4.69) is 15.5 Å². The van der Waals surface area contributed by atoms with E-state index in [-0.39, 0.29) is 11.7 Å². The number of nitrogens with zero attached hydrogens (tertiary/aromatic N) is 3. The highest BCUT2D eigenvalue weighted by molar-refractivity contribution is 7.99. The summed E-state index contributed by atoms with van der Waals surface area (Å²) in [4.78, 5) is 13.4. The summed E-state index contributed by atoms with van der Waals surface area (Å²) < 4.78 is 1.91. The van der Waals surface area contributed by atoms with Gasteiger partial charge in [0.15, 0.2) is 11.0 Å². The van der Waals surface area contributed by atoms with Gasteiger partial charge in [0.25, 0.3) is 0 Å². The van der Waals surface area contributed by atoms with Gasteiger partial charge in [0.2, 0.25) is 5.91 Å². The number of thiophene rings is 1. The van der Waals surface area contributed by atoms with Gasteiger partial charge in [-0.3, -0.25) is 9.36 Å². The highest BCUT2D eigenvalue weighted by atomic mass is 35.5. The number of hydrogen-bond donors (Lipinski definition) is 1. The zero-order valence-electron chi connectivity index (χ0n) is 15.2. The lowest BCUT2D eigenvalue weighted by Crippen LogP contribution is -2.15. The minimum Gasteiger partial charge on any atom is -0.324 e. The predicted octanol–water partition coefficient (Wildman–Crippen LogP) is 6.69. The topological polar surface area (TPSA) is 59.8 Å². The summed E-state index contributed by atoms with van der Waals surface area (Å²) >= 11 is 21.0. The molecule has 0 radical (unpaired) electrons. The molecule has 0 unspecified atom stereocenters. The number of rotatable bonds is 6. The monoisotopic (exact) mass is 494 g/mol. The number of amides is 1. The SMILES string of the molecule is O=C(CSc1nnc(-c2cccs2)n1-c1ccc(Cl)cc1)Nc1cc(Cl)ccc1Cl. The largest absolute Gasteiger partial charge is 0.324 e. The molecule has 4 rings (SSSR count). The maximum absolute atomic E-state index is 12.5. The first-order valence-electron chi connectivity index (χ1n) is 8.64. The molecule has 0 aliphatic carbocycles. The average Bonchev–Trinajstić information content (AvgIpc) is 3.39. The van der Waals surface area contributed by atoms with E-state index in [0.29, 0.717) is 31.7 Å². The second kappa shape index (κ2) is 9.41. The van der Waals surface area contributed by atoms with Crippen LogP contribution in [-0.2, 0) is 4.79 Å². The smallest absolute Gasteiger partial charge is 0.234 e. The van der Waals surface area contributed by atoms with Crippen molar-refractivity contribution in [2.24, 2.45) is 0 Å². The van der Waals surface area contributed by atoms with E-state index in [0.717, 1.165) is 10.6 Å². The lowest BCUT2D eigenvalue weighted by atomic mass is 10.3. The number of aromatic nitrogens is 3. The van der Waals surface area contributed by atoms with Gasteiger partial charge in [0, 0.05) is 15.7 Å². The van der Waals surface area contributed by atoms with Crippen LogP contribution in [0, 0.1) is 0 Å². The molecule has 0 atom stereocenters. The summed E-state index contributed by atoms with van der Waals surface area (Å²) in [5.74, 6) is 0.597. The van der Waals surface area contributed by atoms with Crippen LogP contribution < -0.4 is 5.32 Å². The summed E-state index contributed by atoms with van der Waals surface area (Å²) in [7, 11) is 0. The van der Waals surface area contributed by atoms with Gasteiger partial charge in [0.05, 0.1) is 21.3 Å². The first-order valence-corrected chi connectivity index (χ1v) is 11.6. The number of carbonyl (C=O) groups excluding carboxylic acids is 1. The molecular weight excluding hydrogens is 483 g/mol. The Balaban J connectivity index is 1.57. The summed E-state index contributed by atoms with van der Waals surface area (Å²) in [6, 6.07) is 16.2. The molecule has 152 valence electrons. The summed E-state index contributed by atoms with van der Waals surface area (Å²) in [6.45, 7) is 0. The van der Waals surface area contributed by atoms with E-state index in [4.69, 9.17) is 34.8 Å². The van der Waals surface area contributed by atoms with Gasteiger partial charge in [-0.2, -0.15) is 0 Å². The first-order chi connectivity index (χ1) is 14.5. The molecule has 5 nitrogen and oxygen atoms in total. The number of nitrogens with one attached hydrogen (secondary N) is 1. The van der Waals surface area contributed by atoms with Crippen molar-refractivity contribution in [3.8, 4) is 16.4 Å². The Hall–Kier alpha value is -2.03. The van der Waals surface area contributed by atoms with Crippen LogP contribution in [0.3, 0.4) is 0 Å². The van der Waals surface area contributed by atoms with Gasteiger partial charge in [-0.25, -0.2) is 0 Å². The molecule has 0 spiro atoms. The lowest BCUT2D eigenvalue weighted by Gasteiger charge is -2.10. The number of thioether (sulfide) groups is 1. The molecule has 2 heterocycles. The Morgan fingerprint density at radius 2 is 1.80 bits per heavy atom. The summed E-state index contributed by atoms with van der Waals surface area (Å²) in [6.07, 6.45) is 0. The summed E-state index contributed by atoms with van der Waals surface area (Å²) in [5.41, 5.74) is 1.32. The van der Waals surface area contributed by atoms with Crippen molar-refractivity contribution in [2.45, 2.75) is 5.16 Å². The molecule has 0 aliphatic heterocycles. The van der Waals surface area contributed by atoms with Gasteiger partial charge in [-0.15, -0.1) is 21.5 Å². The number of anilines is 1. The van der Waals surface area contributed by atoms with Gasteiger partial charge in [-0.05, 0) is 53.9 Å². The van der Waals surface area contributed by atoms with E-state index < -0.39 is 0 Å². The zero-order valence-corrected chi connectivity index (χ0v) is 19.1. The Labute approximate surface area is 196 Å². The van der Waals surface area contributed by atoms with Crippen LogP contribution in [0.15, 0.2) is 65.1 Å². The second-order valence-electron chi connectivity index (χ2n) is 6.06. The van der Waals surface area contributed by atoms with E-state index in [9.17, 15) is 4.79 Å². The molecule has 0 aliphatic rings. The van der Waals surface area contributed by atoms with Gasteiger partial charge in [0.1, 0.15) is 0 Å². The fourth-order valence-corrected chi connectivity index (χ4v) is 4.57. The standard InChI is InChI=1S/C20H13Cl3N4OS2/c21-12-3-6-14(7-4-12)27-19(17-2-1-9-29-17)25-26-20(27)30-11-18(28)24-16-10-13(22)5-8-15(16)23/h1-10H,11H2,(H,24,28). The highest BCUT2D eigenvalue weighted by Gasteiger charge is 2.18. The molecular formula is C20H13Cl3N4OS2. The van der Waals surface area contributed by atoms with Gasteiger partial charge in [-0.1, -0.05) is 52.6 Å². The number of halogens is 3. The maximum Gasteiger partial charge on any atom is 0.234 e. The van der Waals surface area contributed by atoms with Crippen LogP contribution >= 0.6 is 57.9 Å². The molecule has 0 saturated carbocycles. The van der Waals surface area contributed by atoms with Crippen molar-refractivity contribution in [1.29, 1.82) is 0 Å². The van der Waals surface area contributed by atoms with E-state index in [1.54, 1.807) is 41.7 Å². The normalized spacial score (nSPS) is 10.9. The highest BCUT2D eigenvalue weighted by Crippen LogP contribution is 2.31. The van der Waals surface area contributed by atoms with E-state index in [1.807, 2.05) is 34.2 Å². The van der Waals surface area contributed by atoms with Crippen LogP contribution in [0.25, 0.3) is 16.4 Å².